The Balaban J connectivity index is -0.000000247. The van der Waals surface area contributed by atoms with Gasteiger partial charge in [-0.3, -0.25) is 11.1 Å². The molecule has 124 valence electrons. The molecule has 0 aromatic rings. The second-order valence-electron chi connectivity index (χ2n) is 6.31. The van der Waals surface area contributed by atoms with Gasteiger partial charge < -0.3 is 24.7 Å². The fourth-order valence-corrected chi connectivity index (χ4v) is 2.59. The second-order valence-corrected chi connectivity index (χ2v) is 6.31. The average Bonchev–Trinajstić information content (AvgIpc) is 2.85. The molecule has 0 aromatic heterocycles. The van der Waals surface area contributed by atoms with Gasteiger partial charge in [0.1, 0.15) is 0 Å². The molecule has 0 spiro atoms. The zero-order valence-electron chi connectivity index (χ0n) is 16.1. The van der Waals surface area contributed by atoms with E-state index in [9.17, 15) is 0 Å². The van der Waals surface area contributed by atoms with Crippen LogP contribution in [0, 0.1) is 42.2 Å². The van der Waals surface area contributed by atoms with Gasteiger partial charge in [-0.15, -0.1) is 0 Å². The Morgan fingerprint density at radius 2 is 1.09 bits per heavy atom. The van der Waals surface area contributed by atoms with Gasteiger partial charge in [0.25, 0.3) is 0 Å². The first-order valence-corrected chi connectivity index (χ1v) is 8.98. The van der Waals surface area contributed by atoms with Crippen molar-refractivity contribution < 1.29 is 26.2 Å². The van der Waals surface area contributed by atoms with Crippen LogP contribution in [0.25, 0.3) is 0 Å². The van der Waals surface area contributed by atoms with Crippen LogP contribution in [0.3, 0.4) is 0 Å². The van der Waals surface area contributed by atoms with Gasteiger partial charge in [-0.1, -0.05) is 66.2 Å². The van der Waals surface area contributed by atoms with Crippen molar-refractivity contribution in [3.05, 3.63) is 29.7 Å². The van der Waals surface area contributed by atoms with E-state index in [0.29, 0.717) is 11.8 Å². The van der Waals surface area contributed by atoms with Crippen molar-refractivity contribution in [3.8, 4) is 0 Å². The summed E-state index contributed by atoms with van der Waals surface area (Å²) in [5.41, 5.74) is 2.91. The summed E-state index contributed by atoms with van der Waals surface area (Å²) in [6.07, 6.45) is 15.9. The van der Waals surface area contributed by atoms with Gasteiger partial charge in [0.05, 0.1) is 0 Å². The molecule has 0 saturated carbocycles. The normalized spacial score (nSPS) is 28.4. The first kappa shape index (κ1) is 27.3. The van der Waals surface area contributed by atoms with Crippen LogP contribution >= 0.6 is 0 Å². The standard InChI is InChI=1S/2C8H13.C3H7.CH3Si.Zr/c2*1-6-4-7(2)8(3)5-6;1-3-2;1-2;/h2*6-7H,4H2,1-3H3;3H,1-2H3;1H,2H2;/q4*-1;+4. The van der Waals surface area contributed by atoms with E-state index in [1.54, 1.807) is 0 Å². The van der Waals surface area contributed by atoms with Gasteiger partial charge in [0, 0.05) is 0 Å². The van der Waals surface area contributed by atoms with Crippen molar-refractivity contribution in [2.75, 3.05) is 0 Å². The van der Waals surface area contributed by atoms with Crippen LogP contribution in [0.5, 0.6) is 0 Å². The fraction of sp³-hybridized carbons (Fsp3) is 0.700. The molecule has 2 aliphatic carbocycles. The van der Waals surface area contributed by atoms with Crippen LogP contribution < -0.4 is 0 Å². The fourth-order valence-electron chi connectivity index (χ4n) is 2.59. The quantitative estimate of drug-likeness (QED) is 0.401. The topological polar surface area (TPSA) is 0 Å². The number of rotatable bonds is 0. The number of hydrogen-bond donors (Lipinski definition) is 0. The maximum atomic E-state index is 4.53. The van der Waals surface area contributed by atoms with Crippen molar-refractivity contribution in [1.29, 1.82) is 0 Å². The molecule has 0 aromatic carbocycles. The molecule has 4 atom stereocenters. The molecule has 22 heavy (non-hydrogen) atoms. The van der Waals surface area contributed by atoms with Crippen LogP contribution in [0.1, 0.15) is 68.2 Å². The predicted octanol–water partition coefficient (Wildman–Crippen LogP) is 4.98. The predicted molar refractivity (Wildman–Crippen MR) is 101 cm³/mol. The van der Waals surface area contributed by atoms with Gasteiger partial charge in [0.2, 0.25) is 0 Å². The van der Waals surface area contributed by atoms with E-state index in [1.807, 2.05) is 20.3 Å². The maximum Gasteiger partial charge on any atom is 4.00 e. The first-order valence-electron chi connectivity index (χ1n) is 8.16. The summed E-state index contributed by atoms with van der Waals surface area (Å²) in [6, 6.07) is 0. The zero-order valence-corrected chi connectivity index (χ0v) is 20.0. The SMILES string of the molecule is CC1=[C-]C(C)CC1C.CC1=[C-]C(C)CC1C.C[CH-]C.[CH-]=[SiH2].[Zr+4]. The van der Waals surface area contributed by atoms with E-state index in [1.165, 1.54) is 33.8 Å². The third-order valence-electron chi connectivity index (χ3n) is 3.84. The maximum absolute atomic E-state index is 4.53. The molecule has 0 heterocycles. The van der Waals surface area contributed by atoms with Crippen LogP contribution in [-0.2, 0) is 26.2 Å². The molecule has 2 heteroatoms. The van der Waals surface area contributed by atoms with Crippen LogP contribution in [-0.4, -0.2) is 16.0 Å². The smallest absolute Gasteiger partial charge is 0.533 e. The third kappa shape index (κ3) is 12.9. The number of hydrogen-bond acceptors (Lipinski definition) is 0. The van der Waals surface area contributed by atoms with Gasteiger partial charge in [0.15, 0.2) is 0 Å². The van der Waals surface area contributed by atoms with E-state index in [4.69, 9.17) is 0 Å². The summed E-state index contributed by atoms with van der Waals surface area (Å²) < 4.78 is 0. The van der Waals surface area contributed by atoms with Crippen molar-refractivity contribution in [2.24, 2.45) is 23.7 Å². The molecule has 0 amide bonds. The molecule has 0 aliphatic heterocycles. The van der Waals surface area contributed by atoms with Crippen LogP contribution in [0.2, 0.25) is 0 Å². The summed E-state index contributed by atoms with van der Waals surface area (Å²) in [4.78, 5) is 0. The number of allylic oxidation sites excluding steroid dienone is 4. The Morgan fingerprint density at radius 1 is 0.864 bits per heavy atom. The molecule has 4 unspecified atom stereocenters. The molecular formula is C20H36SiZr. The van der Waals surface area contributed by atoms with E-state index >= 15 is 0 Å². The summed E-state index contributed by atoms with van der Waals surface area (Å²) in [7, 11) is 1.36. The first-order chi connectivity index (χ1) is 9.81. The summed E-state index contributed by atoms with van der Waals surface area (Å²) in [5.74, 6) is 3.02. The Morgan fingerprint density at radius 3 is 1.14 bits per heavy atom. The van der Waals surface area contributed by atoms with Crippen LogP contribution in [0.4, 0.5) is 0 Å². The summed E-state index contributed by atoms with van der Waals surface area (Å²) in [5, 5.41) is 0. The monoisotopic (exact) mass is 394 g/mol. The minimum atomic E-state index is 0. The summed E-state index contributed by atoms with van der Waals surface area (Å²) >= 11 is 0. The summed E-state index contributed by atoms with van der Waals surface area (Å²) in [6.45, 7) is 17.3. The molecule has 0 bridgehead atoms. The molecule has 0 nitrogen and oxygen atoms in total. The van der Waals surface area contributed by atoms with Crippen LogP contribution in [0.15, 0.2) is 11.1 Å². The van der Waals surface area contributed by atoms with E-state index in [0.717, 1.165) is 11.8 Å². The van der Waals surface area contributed by atoms with Gasteiger partial charge >= 0.3 is 26.2 Å². The zero-order chi connectivity index (χ0) is 17.0. The van der Waals surface area contributed by atoms with Crippen molar-refractivity contribution in [3.63, 3.8) is 0 Å². The van der Waals surface area contributed by atoms with Crippen molar-refractivity contribution in [2.45, 2.75) is 68.2 Å². The van der Waals surface area contributed by atoms with E-state index < -0.39 is 0 Å². The third-order valence-corrected chi connectivity index (χ3v) is 3.84. The molecule has 0 radical (unpaired) electrons. The molecule has 2 rings (SSSR count). The molecule has 0 N–H and O–H groups in total. The minimum Gasteiger partial charge on any atom is -0.533 e. The van der Waals surface area contributed by atoms with E-state index in [-0.39, 0.29) is 26.2 Å². The molecule has 0 saturated heterocycles. The molecular weight excluding hydrogens is 360 g/mol. The largest absolute Gasteiger partial charge is 4.00 e. The second kappa shape index (κ2) is 16.3. The average molecular weight is 396 g/mol. The molecule has 2 aliphatic rings. The van der Waals surface area contributed by atoms with E-state index in [2.05, 4.69) is 59.9 Å². The van der Waals surface area contributed by atoms with Crippen molar-refractivity contribution >= 4 is 16.0 Å². The van der Waals surface area contributed by atoms with Crippen molar-refractivity contribution in [1.82, 2.24) is 0 Å². The Hall–Kier alpha value is 0.450. The Labute approximate surface area is 163 Å². The molecule has 0 fully saturated rings. The minimum absolute atomic E-state index is 0. The van der Waals surface area contributed by atoms with Gasteiger partial charge in [-0.2, -0.15) is 25.7 Å². The van der Waals surface area contributed by atoms with Gasteiger partial charge in [-0.25, -0.2) is 9.85 Å². The Kier molecular flexibility index (Phi) is 20.2. The van der Waals surface area contributed by atoms with Gasteiger partial charge in [-0.05, 0) is 0 Å². The Bertz CT molecular complexity index is 290.